The van der Waals surface area contributed by atoms with E-state index in [9.17, 15) is 0 Å². The Balaban J connectivity index is 2.21. The first-order chi connectivity index (χ1) is 13.1. The van der Waals surface area contributed by atoms with Crippen LogP contribution in [0.3, 0.4) is 0 Å². The normalized spacial score (nSPS) is 15.5. The van der Waals surface area contributed by atoms with E-state index in [2.05, 4.69) is 6.92 Å². The molecule has 0 aliphatic carbocycles. The number of benzene rings is 2. The van der Waals surface area contributed by atoms with Crippen molar-refractivity contribution in [1.82, 2.24) is 0 Å². The van der Waals surface area contributed by atoms with Crippen molar-refractivity contribution in [2.24, 2.45) is 4.99 Å². The van der Waals surface area contributed by atoms with E-state index in [0.29, 0.717) is 23.0 Å². The molecule has 1 atom stereocenters. The quantitative estimate of drug-likeness (QED) is 0.778. The van der Waals surface area contributed by atoms with Crippen molar-refractivity contribution in [3.05, 3.63) is 41.0 Å². The number of hydrogen-bond acceptors (Lipinski definition) is 6. The fourth-order valence-electron chi connectivity index (χ4n) is 3.41. The highest BCUT2D eigenvalue weighted by Gasteiger charge is 2.25. The third-order valence-corrected chi connectivity index (χ3v) is 4.67. The molecule has 6 heteroatoms. The Hall–Kier alpha value is -2.89. The van der Waals surface area contributed by atoms with Gasteiger partial charge in [0, 0.05) is 11.1 Å². The zero-order valence-electron chi connectivity index (χ0n) is 16.6. The SMILES string of the molecule is COc1cc2c(cc1OC)C(c1cc(OC)c(OC)c(OC)c1)=NC(C)C2. The summed E-state index contributed by atoms with van der Waals surface area (Å²) in [5.41, 5.74) is 3.94. The highest BCUT2D eigenvalue weighted by molar-refractivity contribution is 6.15. The summed E-state index contributed by atoms with van der Waals surface area (Å²) in [6.45, 7) is 2.09. The van der Waals surface area contributed by atoms with Crippen LogP contribution in [-0.2, 0) is 6.42 Å². The zero-order chi connectivity index (χ0) is 19.6. The van der Waals surface area contributed by atoms with E-state index >= 15 is 0 Å². The number of fused-ring (bicyclic) bond motifs is 1. The minimum absolute atomic E-state index is 0.143. The van der Waals surface area contributed by atoms with Gasteiger partial charge in [-0.3, -0.25) is 4.99 Å². The second-order valence-corrected chi connectivity index (χ2v) is 6.31. The van der Waals surface area contributed by atoms with Crippen molar-refractivity contribution >= 4 is 5.71 Å². The topological polar surface area (TPSA) is 58.5 Å². The zero-order valence-corrected chi connectivity index (χ0v) is 16.6. The lowest BCUT2D eigenvalue weighted by Crippen LogP contribution is -2.20. The van der Waals surface area contributed by atoms with Crippen molar-refractivity contribution in [2.75, 3.05) is 35.5 Å². The van der Waals surface area contributed by atoms with Crippen LogP contribution >= 0.6 is 0 Å². The van der Waals surface area contributed by atoms with Crippen molar-refractivity contribution in [1.29, 1.82) is 0 Å². The molecule has 0 aromatic heterocycles. The number of hydrogen-bond donors (Lipinski definition) is 0. The van der Waals surface area contributed by atoms with Gasteiger partial charge in [-0.05, 0) is 43.2 Å². The van der Waals surface area contributed by atoms with Gasteiger partial charge in [-0.25, -0.2) is 0 Å². The van der Waals surface area contributed by atoms with Crippen LogP contribution in [0.1, 0.15) is 23.6 Å². The van der Waals surface area contributed by atoms with E-state index < -0.39 is 0 Å². The molecule has 0 amide bonds. The standard InChI is InChI=1S/C21H25NO5/c1-12-7-13-8-16(23-2)17(24-3)11-15(13)20(22-12)14-9-18(25-4)21(27-6)19(10-14)26-5/h8-12H,7H2,1-6H3. The lowest BCUT2D eigenvalue weighted by atomic mass is 9.90. The Kier molecular flexibility index (Phi) is 5.44. The number of rotatable bonds is 6. The molecule has 0 N–H and O–H groups in total. The lowest BCUT2D eigenvalue weighted by Gasteiger charge is -2.24. The van der Waals surface area contributed by atoms with Crippen molar-refractivity contribution < 1.29 is 23.7 Å². The van der Waals surface area contributed by atoms with Crippen LogP contribution in [0.4, 0.5) is 0 Å². The fraction of sp³-hybridized carbons (Fsp3) is 0.381. The van der Waals surface area contributed by atoms with Crippen LogP contribution in [0.25, 0.3) is 0 Å². The monoisotopic (exact) mass is 371 g/mol. The molecule has 27 heavy (non-hydrogen) atoms. The average molecular weight is 371 g/mol. The average Bonchev–Trinajstić information content (AvgIpc) is 2.70. The van der Waals surface area contributed by atoms with Gasteiger partial charge in [0.05, 0.1) is 47.3 Å². The maximum Gasteiger partial charge on any atom is 0.203 e. The second-order valence-electron chi connectivity index (χ2n) is 6.31. The number of methoxy groups -OCH3 is 5. The molecule has 0 saturated heterocycles. The second kappa shape index (κ2) is 7.78. The van der Waals surface area contributed by atoms with E-state index in [4.69, 9.17) is 28.7 Å². The van der Waals surface area contributed by atoms with Gasteiger partial charge in [0.1, 0.15) is 0 Å². The van der Waals surface area contributed by atoms with Crippen molar-refractivity contribution in [3.63, 3.8) is 0 Å². The Bertz CT molecular complexity index is 850. The van der Waals surface area contributed by atoms with E-state index in [1.165, 1.54) is 5.56 Å². The van der Waals surface area contributed by atoms with Gasteiger partial charge >= 0.3 is 0 Å². The molecule has 3 rings (SSSR count). The summed E-state index contributed by atoms with van der Waals surface area (Å²) in [6.07, 6.45) is 0.837. The molecule has 0 saturated carbocycles. The van der Waals surface area contributed by atoms with Crippen LogP contribution in [0, 0.1) is 0 Å². The van der Waals surface area contributed by atoms with Gasteiger partial charge in [-0.2, -0.15) is 0 Å². The predicted molar refractivity (Wildman–Crippen MR) is 104 cm³/mol. The van der Waals surface area contributed by atoms with Gasteiger partial charge in [0.2, 0.25) is 5.75 Å². The number of aliphatic imine (C=N–C) groups is 1. The Labute approximate surface area is 159 Å². The molecule has 2 aromatic rings. The van der Waals surface area contributed by atoms with Gasteiger partial charge in [-0.1, -0.05) is 0 Å². The highest BCUT2D eigenvalue weighted by Crippen LogP contribution is 2.40. The van der Waals surface area contributed by atoms with E-state index in [1.54, 1.807) is 35.5 Å². The molecule has 1 unspecified atom stereocenters. The molecule has 1 heterocycles. The van der Waals surface area contributed by atoms with E-state index in [1.807, 2.05) is 24.3 Å². The van der Waals surface area contributed by atoms with E-state index in [-0.39, 0.29) is 6.04 Å². The first-order valence-corrected chi connectivity index (χ1v) is 8.69. The summed E-state index contributed by atoms with van der Waals surface area (Å²) < 4.78 is 27.4. The number of nitrogens with zero attached hydrogens (tertiary/aromatic N) is 1. The third kappa shape index (κ3) is 3.39. The largest absolute Gasteiger partial charge is 0.493 e. The molecule has 0 fully saturated rings. The minimum Gasteiger partial charge on any atom is -0.493 e. The lowest BCUT2D eigenvalue weighted by molar-refractivity contribution is 0.324. The summed E-state index contributed by atoms with van der Waals surface area (Å²) in [5, 5.41) is 0. The molecule has 0 radical (unpaired) electrons. The van der Waals surface area contributed by atoms with Crippen LogP contribution in [0.5, 0.6) is 28.7 Å². The summed E-state index contributed by atoms with van der Waals surface area (Å²) in [4.78, 5) is 4.90. The van der Waals surface area contributed by atoms with Crippen molar-refractivity contribution in [2.45, 2.75) is 19.4 Å². The molecule has 0 bridgehead atoms. The molecular weight excluding hydrogens is 346 g/mol. The first kappa shape index (κ1) is 18.9. The van der Waals surface area contributed by atoms with Crippen LogP contribution in [0.2, 0.25) is 0 Å². The summed E-state index contributed by atoms with van der Waals surface area (Å²) >= 11 is 0. The molecular formula is C21H25NO5. The van der Waals surface area contributed by atoms with Crippen LogP contribution in [-0.4, -0.2) is 47.3 Å². The summed E-state index contributed by atoms with van der Waals surface area (Å²) in [6, 6.07) is 7.97. The predicted octanol–water partition coefficient (Wildman–Crippen LogP) is 3.51. The highest BCUT2D eigenvalue weighted by atomic mass is 16.5. The number of ether oxygens (including phenoxy) is 5. The molecule has 1 aliphatic rings. The maximum atomic E-state index is 5.50. The van der Waals surface area contributed by atoms with Gasteiger partial charge < -0.3 is 23.7 Å². The molecule has 0 spiro atoms. The maximum absolute atomic E-state index is 5.50. The van der Waals surface area contributed by atoms with Gasteiger partial charge in [0.15, 0.2) is 23.0 Å². The smallest absolute Gasteiger partial charge is 0.203 e. The Morgan fingerprint density at radius 3 is 1.81 bits per heavy atom. The molecule has 6 nitrogen and oxygen atoms in total. The van der Waals surface area contributed by atoms with Gasteiger partial charge in [0.25, 0.3) is 0 Å². The summed E-state index contributed by atoms with van der Waals surface area (Å²) in [5.74, 6) is 3.13. The molecule has 2 aromatic carbocycles. The Morgan fingerprint density at radius 1 is 0.741 bits per heavy atom. The van der Waals surface area contributed by atoms with Gasteiger partial charge in [-0.15, -0.1) is 0 Å². The fourth-order valence-corrected chi connectivity index (χ4v) is 3.41. The minimum atomic E-state index is 0.143. The Morgan fingerprint density at radius 2 is 1.30 bits per heavy atom. The summed E-state index contributed by atoms with van der Waals surface area (Å²) in [7, 11) is 8.08. The molecule has 1 aliphatic heterocycles. The first-order valence-electron chi connectivity index (χ1n) is 8.69. The van der Waals surface area contributed by atoms with Crippen molar-refractivity contribution in [3.8, 4) is 28.7 Å². The third-order valence-electron chi connectivity index (χ3n) is 4.67. The van der Waals surface area contributed by atoms with E-state index in [0.717, 1.165) is 29.0 Å². The van der Waals surface area contributed by atoms with Crippen LogP contribution < -0.4 is 23.7 Å². The molecule has 144 valence electrons. The van der Waals surface area contributed by atoms with Crippen LogP contribution in [0.15, 0.2) is 29.3 Å².